The molecule has 1 aromatic heterocycles. The van der Waals surface area contributed by atoms with Crippen LogP contribution in [0, 0.1) is 13.8 Å². The molecular weight excluding hydrogens is 326 g/mol. The predicted octanol–water partition coefficient (Wildman–Crippen LogP) is 2.75. The van der Waals surface area contributed by atoms with Crippen LogP contribution in [0.15, 0.2) is 63.9 Å². The molecule has 3 aromatic rings. The first-order valence-electron chi connectivity index (χ1n) is 7.40. The van der Waals surface area contributed by atoms with Gasteiger partial charge < -0.3 is 4.42 Å². The summed E-state index contributed by atoms with van der Waals surface area (Å²) in [4.78, 5) is 0.224. The summed E-state index contributed by atoms with van der Waals surface area (Å²) in [6.07, 6.45) is 0. The second-order valence-corrected chi connectivity index (χ2v) is 7.07. The Kier molecular flexibility index (Phi) is 4.46. The first kappa shape index (κ1) is 16.4. The van der Waals surface area contributed by atoms with Crippen LogP contribution >= 0.6 is 0 Å². The van der Waals surface area contributed by atoms with Crippen molar-refractivity contribution < 1.29 is 12.8 Å². The molecular formula is C17H17N3O3S. The van der Waals surface area contributed by atoms with Gasteiger partial charge in [-0.05, 0) is 24.1 Å². The van der Waals surface area contributed by atoms with E-state index in [1.807, 2.05) is 30.3 Å². The van der Waals surface area contributed by atoms with Gasteiger partial charge in [-0.3, -0.25) is 0 Å². The lowest BCUT2D eigenvalue weighted by Crippen LogP contribution is -2.30. The molecule has 0 aliphatic heterocycles. The number of hydrogen-bond donors (Lipinski definition) is 1. The topological polar surface area (TPSA) is 85.1 Å². The van der Waals surface area contributed by atoms with Gasteiger partial charge in [-0.1, -0.05) is 48.5 Å². The number of hydrogen-bond acceptors (Lipinski definition) is 5. The van der Waals surface area contributed by atoms with Crippen LogP contribution in [0.5, 0.6) is 0 Å². The Morgan fingerprint density at radius 3 is 2.25 bits per heavy atom. The molecule has 0 saturated heterocycles. The minimum absolute atomic E-state index is 0.204. The van der Waals surface area contributed by atoms with Gasteiger partial charge in [0.05, 0.1) is 4.90 Å². The van der Waals surface area contributed by atoms with Gasteiger partial charge in [0.2, 0.25) is 21.8 Å². The zero-order valence-electron chi connectivity index (χ0n) is 13.3. The van der Waals surface area contributed by atoms with E-state index < -0.39 is 16.1 Å². The molecule has 0 radical (unpaired) electrons. The second kappa shape index (κ2) is 6.54. The molecule has 1 N–H and O–H groups in total. The van der Waals surface area contributed by atoms with Gasteiger partial charge in [0.15, 0.2) is 0 Å². The standard InChI is InChI=1S/C17H17N3O3S/c1-12-8-6-7-11-15(12)24(21,22)20-16(14-9-4-3-5-10-14)17-19-18-13(2)23-17/h3-11,16,20H,1-2H3. The number of nitrogens with one attached hydrogen (secondary N) is 1. The maximum atomic E-state index is 12.8. The molecule has 6 nitrogen and oxygen atoms in total. The average molecular weight is 343 g/mol. The van der Waals surface area contributed by atoms with Crippen LogP contribution in [0.3, 0.4) is 0 Å². The average Bonchev–Trinajstić information content (AvgIpc) is 3.00. The van der Waals surface area contributed by atoms with E-state index in [1.165, 1.54) is 0 Å². The number of sulfonamides is 1. The molecule has 1 unspecified atom stereocenters. The van der Waals surface area contributed by atoms with E-state index in [0.717, 1.165) is 5.56 Å². The van der Waals surface area contributed by atoms with Crippen molar-refractivity contribution in [1.82, 2.24) is 14.9 Å². The van der Waals surface area contributed by atoms with E-state index in [9.17, 15) is 8.42 Å². The largest absolute Gasteiger partial charge is 0.423 e. The van der Waals surface area contributed by atoms with Crippen LogP contribution in [-0.4, -0.2) is 18.6 Å². The molecule has 0 fully saturated rings. The highest BCUT2D eigenvalue weighted by molar-refractivity contribution is 7.89. The van der Waals surface area contributed by atoms with Crippen molar-refractivity contribution in [1.29, 1.82) is 0 Å². The summed E-state index contributed by atoms with van der Waals surface area (Å²) >= 11 is 0. The summed E-state index contributed by atoms with van der Waals surface area (Å²) in [5.74, 6) is 0.580. The maximum absolute atomic E-state index is 12.8. The quantitative estimate of drug-likeness (QED) is 0.770. The summed E-state index contributed by atoms with van der Waals surface area (Å²) in [6.45, 7) is 3.41. The highest BCUT2D eigenvalue weighted by Crippen LogP contribution is 2.24. The maximum Gasteiger partial charge on any atom is 0.241 e. The fourth-order valence-electron chi connectivity index (χ4n) is 2.41. The number of nitrogens with zero attached hydrogens (tertiary/aromatic N) is 2. The second-order valence-electron chi connectivity index (χ2n) is 5.39. The van der Waals surface area contributed by atoms with Crippen LogP contribution in [0.1, 0.15) is 29.0 Å². The first-order valence-corrected chi connectivity index (χ1v) is 8.88. The van der Waals surface area contributed by atoms with Crippen LogP contribution in [0.2, 0.25) is 0 Å². The lowest BCUT2D eigenvalue weighted by atomic mass is 10.1. The zero-order chi connectivity index (χ0) is 17.2. The molecule has 2 aromatic carbocycles. The van der Waals surface area contributed by atoms with Crippen molar-refractivity contribution in [3.63, 3.8) is 0 Å². The number of aryl methyl sites for hydroxylation is 2. The van der Waals surface area contributed by atoms with Crippen molar-refractivity contribution in [2.75, 3.05) is 0 Å². The molecule has 0 saturated carbocycles. The van der Waals surface area contributed by atoms with E-state index in [-0.39, 0.29) is 10.8 Å². The van der Waals surface area contributed by atoms with Crippen molar-refractivity contribution in [3.8, 4) is 0 Å². The fraction of sp³-hybridized carbons (Fsp3) is 0.176. The molecule has 124 valence electrons. The molecule has 0 bridgehead atoms. The van der Waals surface area contributed by atoms with Gasteiger partial charge >= 0.3 is 0 Å². The highest BCUT2D eigenvalue weighted by Gasteiger charge is 2.27. The molecule has 24 heavy (non-hydrogen) atoms. The van der Waals surface area contributed by atoms with Crippen molar-refractivity contribution >= 4 is 10.0 Å². The highest BCUT2D eigenvalue weighted by atomic mass is 32.2. The molecule has 7 heteroatoms. The molecule has 0 spiro atoms. The van der Waals surface area contributed by atoms with Crippen LogP contribution < -0.4 is 4.72 Å². The van der Waals surface area contributed by atoms with Gasteiger partial charge in [0.1, 0.15) is 6.04 Å². The third-order valence-electron chi connectivity index (χ3n) is 3.58. The van der Waals surface area contributed by atoms with E-state index in [0.29, 0.717) is 11.5 Å². The monoisotopic (exact) mass is 343 g/mol. The lowest BCUT2D eigenvalue weighted by Gasteiger charge is -2.17. The molecule has 1 heterocycles. The zero-order valence-corrected chi connectivity index (χ0v) is 14.1. The van der Waals surface area contributed by atoms with Crippen molar-refractivity contribution in [3.05, 3.63) is 77.5 Å². The third-order valence-corrected chi connectivity index (χ3v) is 5.16. The number of aromatic nitrogens is 2. The summed E-state index contributed by atoms with van der Waals surface area (Å²) in [5, 5.41) is 7.78. The first-order chi connectivity index (χ1) is 11.5. The summed E-state index contributed by atoms with van der Waals surface area (Å²) < 4.78 is 33.8. The van der Waals surface area contributed by atoms with Crippen molar-refractivity contribution in [2.45, 2.75) is 24.8 Å². The van der Waals surface area contributed by atoms with E-state index >= 15 is 0 Å². The van der Waals surface area contributed by atoms with E-state index in [4.69, 9.17) is 4.42 Å². The Balaban J connectivity index is 2.03. The SMILES string of the molecule is Cc1nnc(C(NS(=O)(=O)c2ccccc2C)c2ccccc2)o1. The molecule has 1 atom stereocenters. The van der Waals surface area contributed by atoms with Crippen molar-refractivity contribution in [2.24, 2.45) is 0 Å². The fourth-order valence-corrected chi connectivity index (χ4v) is 3.84. The van der Waals surface area contributed by atoms with Crippen LogP contribution in [-0.2, 0) is 10.0 Å². The number of rotatable bonds is 5. The van der Waals surface area contributed by atoms with E-state index in [2.05, 4.69) is 14.9 Å². The summed E-state index contributed by atoms with van der Waals surface area (Å²) in [6, 6.07) is 15.2. The number of benzene rings is 2. The summed E-state index contributed by atoms with van der Waals surface area (Å²) in [5.41, 5.74) is 1.39. The minimum Gasteiger partial charge on any atom is -0.423 e. The van der Waals surface area contributed by atoms with Gasteiger partial charge in [0.25, 0.3) is 0 Å². The summed E-state index contributed by atoms with van der Waals surface area (Å²) in [7, 11) is -3.75. The minimum atomic E-state index is -3.75. The molecule has 3 rings (SSSR count). The normalized spacial score (nSPS) is 12.9. The third kappa shape index (κ3) is 3.37. The smallest absolute Gasteiger partial charge is 0.241 e. The van der Waals surface area contributed by atoms with Gasteiger partial charge in [-0.15, -0.1) is 10.2 Å². The molecule has 0 aliphatic carbocycles. The Morgan fingerprint density at radius 2 is 1.62 bits per heavy atom. The Bertz CT molecular complexity index is 936. The molecule has 0 aliphatic rings. The van der Waals surface area contributed by atoms with Crippen LogP contribution in [0.25, 0.3) is 0 Å². The van der Waals surface area contributed by atoms with Gasteiger partial charge in [-0.2, -0.15) is 4.72 Å². The van der Waals surface area contributed by atoms with Crippen LogP contribution in [0.4, 0.5) is 0 Å². The Hall–Kier alpha value is -2.51. The predicted molar refractivity (Wildman–Crippen MR) is 88.8 cm³/mol. The van der Waals surface area contributed by atoms with Gasteiger partial charge in [0, 0.05) is 6.92 Å². The lowest BCUT2D eigenvalue weighted by molar-refractivity contribution is 0.436. The Labute approximate surface area is 140 Å². The molecule has 0 amide bonds. The Morgan fingerprint density at radius 1 is 0.958 bits per heavy atom. The van der Waals surface area contributed by atoms with Gasteiger partial charge in [-0.25, -0.2) is 8.42 Å². The van der Waals surface area contributed by atoms with E-state index in [1.54, 1.807) is 38.1 Å².